The Morgan fingerprint density at radius 2 is 2.12 bits per heavy atom. The van der Waals surface area contributed by atoms with Crippen LogP contribution in [-0.4, -0.2) is 35.8 Å². The Balaban J connectivity index is 2.13. The molecule has 2 rings (SSSR count). The molecule has 11 heteroatoms. The van der Waals surface area contributed by atoms with Crippen molar-refractivity contribution in [2.45, 2.75) is 13.1 Å². The van der Waals surface area contributed by atoms with Crippen LogP contribution in [0, 0.1) is 6.92 Å². The zero-order valence-electron chi connectivity index (χ0n) is 12.5. The number of nitrogens with one attached hydrogen (secondary N) is 1. The Kier molecular flexibility index (Phi) is 4.81. The van der Waals surface area contributed by atoms with Crippen LogP contribution in [0.5, 0.6) is 6.08 Å². The Hall–Kier alpha value is -2.98. The molecule has 0 aliphatic carbocycles. The van der Waals surface area contributed by atoms with Crippen LogP contribution in [0.3, 0.4) is 0 Å². The number of benzene rings is 1. The highest BCUT2D eigenvalue weighted by atomic mass is 19.4. The molecule has 130 valence electrons. The molecule has 0 fully saturated rings. The van der Waals surface area contributed by atoms with Crippen molar-refractivity contribution in [1.29, 1.82) is 0 Å². The summed E-state index contributed by atoms with van der Waals surface area (Å²) in [4.78, 5) is 22.9. The van der Waals surface area contributed by atoms with E-state index >= 15 is 0 Å². The number of carbonyl (C=O) groups is 1. The molecule has 0 atom stereocenters. The molecule has 0 spiro atoms. The second kappa shape index (κ2) is 6.64. The maximum absolute atomic E-state index is 12.0. The fourth-order valence-corrected chi connectivity index (χ4v) is 1.72. The van der Waals surface area contributed by atoms with Gasteiger partial charge in [-0.15, -0.1) is 0 Å². The van der Waals surface area contributed by atoms with Crippen molar-refractivity contribution in [1.82, 2.24) is 9.78 Å². The minimum Gasteiger partial charge on any atom is -0.452 e. The number of halogens is 3. The summed E-state index contributed by atoms with van der Waals surface area (Å²) in [5.74, 6) is -0.781. The SMILES string of the molecule is COc1nn(-c2ccc(NC(=O)OCC(F)(F)F)c(C)c2)c(=O)o1. The normalized spacial score (nSPS) is 11.2. The molecule has 0 bridgehead atoms. The maximum atomic E-state index is 12.0. The van der Waals surface area contributed by atoms with Gasteiger partial charge in [-0.3, -0.25) is 5.32 Å². The third-order valence-electron chi connectivity index (χ3n) is 2.76. The van der Waals surface area contributed by atoms with Gasteiger partial charge in [0.1, 0.15) is 0 Å². The van der Waals surface area contributed by atoms with Gasteiger partial charge < -0.3 is 13.9 Å². The van der Waals surface area contributed by atoms with E-state index in [1.54, 1.807) is 6.92 Å². The lowest BCUT2D eigenvalue weighted by molar-refractivity contribution is -0.159. The van der Waals surface area contributed by atoms with E-state index < -0.39 is 24.6 Å². The number of alkyl halides is 3. The topological polar surface area (TPSA) is 95.6 Å². The van der Waals surface area contributed by atoms with Crippen LogP contribution >= 0.6 is 0 Å². The number of hydrogen-bond donors (Lipinski definition) is 1. The van der Waals surface area contributed by atoms with Gasteiger partial charge in [0.25, 0.3) is 0 Å². The summed E-state index contributed by atoms with van der Waals surface area (Å²) in [6.07, 6.45) is -6.08. The molecule has 8 nitrogen and oxygen atoms in total. The highest BCUT2D eigenvalue weighted by Gasteiger charge is 2.29. The van der Waals surface area contributed by atoms with Crippen molar-refractivity contribution in [3.8, 4) is 11.8 Å². The molecular weight excluding hydrogens is 335 g/mol. The number of ether oxygens (including phenoxy) is 2. The lowest BCUT2D eigenvalue weighted by atomic mass is 10.2. The van der Waals surface area contributed by atoms with E-state index in [9.17, 15) is 22.8 Å². The molecule has 24 heavy (non-hydrogen) atoms. The van der Waals surface area contributed by atoms with Gasteiger partial charge in [-0.2, -0.15) is 17.9 Å². The smallest absolute Gasteiger partial charge is 0.444 e. The molecule has 0 unspecified atom stereocenters. The quantitative estimate of drug-likeness (QED) is 0.911. The van der Waals surface area contributed by atoms with Crippen LogP contribution < -0.4 is 15.8 Å². The number of carbonyl (C=O) groups excluding carboxylic acids is 1. The highest BCUT2D eigenvalue weighted by molar-refractivity contribution is 5.85. The van der Waals surface area contributed by atoms with Crippen LogP contribution in [0.1, 0.15) is 5.56 Å². The summed E-state index contributed by atoms with van der Waals surface area (Å²) < 4.78 is 50.3. The van der Waals surface area contributed by atoms with Crippen LogP contribution in [0.25, 0.3) is 5.69 Å². The Labute approximate surface area is 132 Å². The van der Waals surface area contributed by atoms with Gasteiger partial charge in [-0.05, 0) is 30.7 Å². The van der Waals surface area contributed by atoms with Crippen LogP contribution in [0.4, 0.5) is 23.7 Å². The first-order valence-corrected chi connectivity index (χ1v) is 6.45. The summed E-state index contributed by atoms with van der Waals surface area (Å²) >= 11 is 0. The monoisotopic (exact) mass is 347 g/mol. The number of rotatable bonds is 4. The third kappa shape index (κ3) is 4.27. The summed E-state index contributed by atoms with van der Waals surface area (Å²) in [6.45, 7) is -0.116. The largest absolute Gasteiger partial charge is 0.452 e. The lowest BCUT2D eigenvalue weighted by Crippen LogP contribution is -2.23. The standard InChI is InChI=1S/C13H12F3N3O5/c1-7-5-8(19-12(21)24-11(18-19)22-2)3-4-9(7)17-10(20)23-6-13(14,15)16/h3-5H,6H2,1-2H3,(H,17,20). The zero-order chi connectivity index (χ0) is 17.9. The molecule has 1 heterocycles. The first-order chi connectivity index (χ1) is 11.2. The van der Waals surface area contributed by atoms with Gasteiger partial charge in [-0.1, -0.05) is 5.10 Å². The number of aryl methyl sites for hydroxylation is 1. The van der Waals surface area contributed by atoms with Gasteiger partial charge in [0.15, 0.2) is 6.61 Å². The van der Waals surface area contributed by atoms with Crippen molar-refractivity contribution >= 4 is 11.8 Å². The van der Waals surface area contributed by atoms with E-state index in [1.165, 1.54) is 25.3 Å². The van der Waals surface area contributed by atoms with Gasteiger partial charge in [-0.25, -0.2) is 9.59 Å². The summed E-state index contributed by atoms with van der Waals surface area (Å²) in [6, 6.07) is 4.27. The highest BCUT2D eigenvalue weighted by Crippen LogP contribution is 2.20. The molecule has 1 aromatic carbocycles. The van der Waals surface area contributed by atoms with Gasteiger partial charge >= 0.3 is 24.1 Å². The Morgan fingerprint density at radius 3 is 2.67 bits per heavy atom. The number of methoxy groups -OCH3 is 1. The predicted octanol–water partition coefficient (Wildman–Crippen LogP) is 2.25. The zero-order valence-corrected chi connectivity index (χ0v) is 12.5. The number of anilines is 1. The number of amides is 1. The molecule has 0 radical (unpaired) electrons. The molecule has 1 aromatic heterocycles. The van der Waals surface area contributed by atoms with E-state index in [2.05, 4.69) is 15.2 Å². The Morgan fingerprint density at radius 1 is 1.42 bits per heavy atom. The molecule has 0 aliphatic rings. The van der Waals surface area contributed by atoms with Gasteiger partial charge in [0.05, 0.1) is 12.8 Å². The minimum atomic E-state index is -4.61. The summed E-state index contributed by atoms with van der Waals surface area (Å²) in [5, 5.41) is 5.94. The van der Waals surface area contributed by atoms with Crippen molar-refractivity contribution in [3.05, 3.63) is 34.3 Å². The molecule has 0 saturated carbocycles. The molecule has 0 aliphatic heterocycles. The molecule has 1 N–H and O–H groups in total. The second-order valence-corrected chi connectivity index (χ2v) is 4.57. The van der Waals surface area contributed by atoms with Gasteiger partial charge in [0, 0.05) is 5.69 Å². The minimum absolute atomic E-state index is 0.217. The lowest BCUT2D eigenvalue weighted by Gasteiger charge is -2.11. The average Bonchev–Trinajstić information content (AvgIpc) is 2.88. The van der Waals surface area contributed by atoms with Crippen LogP contribution in [0.15, 0.2) is 27.4 Å². The van der Waals surface area contributed by atoms with Gasteiger partial charge in [0.2, 0.25) is 0 Å². The number of hydrogen-bond acceptors (Lipinski definition) is 6. The second-order valence-electron chi connectivity index (χ2n) is 4.57. The number of aromatic nitrogens is 2. The van der Waals surface area contributed by atoms with E-state index in [0.29, 0.717) is 11.3 Å². The van der Waals surface area contributed by atoms with E-state index in [0.717, 1.165) is 4.68 Å². The Bertz CT molecular complexity index is 797. The fraction of sp³-hybridized carbons (Fsp3) is 0.308. The molecule has 2 aromatic rings. The molecule has 0 saturated heterocycles. The van der Waals surface area contributed by atoms with Crippen LogP contribution in [0.2, 0.25) is 0 Å². The first kappa shape index (κ1) is 17.4. The average molecular weight is 347 g/mol. The summed E-state index contributed by atoms with van der Waals surface area (Å²) in [7, 11) is 1.28. The van der Waals surface area contributed by atoms with Crippen molar-refractivity contribution < 1.29 is 31.9 Å². The molecular formula is C13H12F3N3O5. The van der Waals surface area contributed by atoms with Crippen molar-refractivity contribution in [2.24, 2.45) is 0 Å². The first-order valence-electron chi connectivity index (χ1n) is 6.45. The number of nitrogens with zero attached hydrogens (tertiary/aromatic N) is 2. The maximum Gasteiger partial charge on any atom is 0.444 e. The van der Waals surface area contributed by atoms with E-state index in [4.69, 9.17) is 9.15 Å². The van der Waals surface area contributed by atoms with Crippen LogP contribution in [-0.2, 0) is 4.74 Å². The van der Waals surface area contributed by atoms with Crippen molar-refractivity contribution in [3.63, 3.8) is 0 Å². The fourth-order valence-electron chi connectivity index (χ4n) is 1.72. The summed E-state index contributed by atoms with van der Waals surface area (Å²) in [5.41, 5.74) is 0.999. The van der Waals surface area contributed by atoms with E-state index in [1.807, 2.05) is 0 Å². The predicted molar refractivity (Wildman–Crippen MR) is 74.4 cm³/mol. The molecule has 1 amide bonds. The third-order valence-corrected chi connectivity index (χ3v) is 2.76. The van der Waals surface area contributed by atoms with Crippen molar-refractivity contribution in [2.75, 3.05) is 19.0 Å². The van der Waals surface area contributed by atoms with E-state index in [-0.39, 0.29) is 11.8 Å².